The van der Waals surface area contributed by atoms with E-state index in [-0.39, 0.29) is 17.2 Å². The molecule has 24 heavy (non-hydrogen) atoms. The van der Waals surface area contributed by atoms with Crippen LogP contribution >= 0.6 is 0 Å². The SMILES string of the molecule is CCCCCCCCNC(=O)C(C#N)=Cc1ccc(O)c(OC)c1. The van der Waals surface area contributed by atoms with Crippen molar-refractivity contribution in [3.63, 3.8) is 0 Å². The Bertz CT molecular complexity index is 603. The first-order chi connectivity index (χ1) is 11.6. The summed E-state index contributed by atoms with van der Waals surface area (Å²) in [6.07, 6.45) is 8.37. The third-order valence-corrected chi connectivity index (χ3v) is 3.70. The first kappa shape index (κ1) is 19.6. The average molecular weight is 330 g/mol. The zero-order valence-electron chi connectivity index (χ0n) is 14.5. The van der Waals surface area contributed by atoms with E-state index in [9.17, 15) is 15.2 Å². The lowest BCUT2D eigenvalue weighted by atomic mass is 10.1. The Morgan fingerprint density at radius 2 is 2.00 bits per heavy atom. The number of carbonyl (C=O) groups is 1. The molecule has 5 nitrogen and oxygen atoms in total. The van der Waals surface area contributed by atoms with E-state index >= 15 is 0 Å². The zero-order valence-corrected chi connectivity index (χ0v) is 14.5. The van der Waals surface area contributed by atoms with Crippen LogP contribution in [0.25, 0.3) is 6.08 Å². The molecule has 0 radical (unpaired) electrons. The second-order valence-corrected chi connectivity index (χ2v) is 5.62. The van der Waals surface area contributed by atoms with Crippen molar-refractivity contribution in [2.45, 2.75) is 45.4 Å². The third-order valence-electron chi connectivity index (χ3n) is 3.70. The minimum Gasteiger partial charge on any atom is -0.504 e. The van der Waals surface area contributed by atoms with E-state index in [0.717, 1.165) is 12.8 Å². The van der Waals surface area contributed by atoms with E-state index < -0.39 is 0 Å². The van der Waals surface area contributed by atoms with E-state index in [2.05, 4.69) is 12.2 Å². The van der Waals surface area contributed by atoms with Gasteiger partial charge in [-0.1, -0.05) is 45.1 Å². The highest BCUT2D eigenvalue weighted by Gasteiger charge is 2.09. The summed E-state index contributed by atoms with van der Waals surface area (Å²) in [4.78, 5) is 12.1. The minimum atomic E-state index is -0.377. The zero-order chi connectivity index (χ0) is 17.8. The van der Waals surface area contributed by atoms with Crippen molar-refractivity contribution < 1.29 is 14.6 Å². The highest BCUT2D eigenvalue weighted by atomic mass is 16.5. The van der Waals surface area contributed by atoms with Gasteiger partial charge >= 0.3 is 0 Å². The van der Waals surface area contributed by atoms with Crippen LogP contribution in [0.5, 0.6) is 11.5 Å². The molecule has 2 N–H and O–H groups in total. The molecule has 0 unspecified atom stereocenters. The van der Waals surface area contributed by atoms with Crippen LogP contribution in [0.4, 0.5) is 0 Å². The number of amides is 1. The normalized spacial score (nSPS) is 11.0. The number of unbranched alkanes of at least 4 members (excludes halogenated alkanes) is 5. The molecular formula is C19H26N2O3. The smallest absolute Gasteiger partial charge is 0.261 e. The molecule has 0 aromatic heterocycles. The number of methoxy groups -OCH3 is 1. The number of aromatic hydroxyl groups is 1. The van der Waals surface area contributed by atoms with E-state index in [1.165, 1.54) is 44.9 Å². The molecule has 0 atom stereocenters. The molecule has 0 spiro atoms. The maximum atomic E-state index is 12.1. The summed E-state index contributed by atoms with van der Waals surface area (Å²) in [5.74, 6) is -0.0627. The minimum absolute atomic E-state index is 0.0145. The van der Waals surface area contributed by atoms with E-state index in [4.69, 9.17) is 4.74 Å². The number of hydrogen-bond acceptors (Lipinski definition) is 4. The van der Waals surface area contributed by atoms with Crippen LogP contribution in [-0.2, 0) is 4.79 Å². The van der Waals surface area contributed by atoms with Crippen LogP contribution in [0.3, 0.4) is 0 Å². The van der Waals surface area contributed by atoms with Crippen molar-refractivity contribution in [3.05, 3.63) is 29.3 Å². The van der Waals surface area contributed by atoms with Gasteiger partial charge in [0.15, 0.2) is 11.5 Å². The summed E-state index contributed by atoms with van der Waals surface area (Å²) in [6.45, 7) is 2.75. The van der Waals surface area contributed by atoms with Gasteiger partial charge in [0.1, 0.15) is 11.6 Å². The van der Waals surface area contributed by atoms with Gasteiger partial charge in [0.25, 0.3) is 5.91 Å². The molecule has 0 bridgehead atoms. The molecule has 130 valence electrons. The number of carbonyl (C=O) groups excluding carboxylic acids is 1. The van der Waals surface area contributed by atoms with Gasteiger partial charge in [-0.05, 0) is 30.2 Å². The fourth-order valence-electron chi connectivity index (χ4n) is 2.30. The van der Waals surface area contributed by atoms with Gasteiger partial charge in [-0.15, -0.1) is 0 Å². The van der Waals surface area contributed by atoms with Crippen LogP contribution in [0.1, 0.15) is 51.0 Å². The maximum Gasteiger partial charge on any atom is 0.261 e. The van der Waals surface area contributed by atoms with Crippen LogP contribution in [-0.4, -0.2) is 24.7 Å². The fourth-order valence-corrected chi connectivity index (χ4v) is 2.30. The molecule has 0 fully saturated rings. The number of phenols is 1. The highest BCUT2D eigenvalue weighted by molar-refractivity contribution is 6.01. The summed E-state index contributed by atoms with van der Waals surface area (Å²) >= 11 is 0. The van der Waals surface area contributed by atoms with E-state index in [1.807, 2.05) is 6.07 Å². The first-order valence-corrected chi connectivity index (χ1v) is 8.39. The molecule has 0 saturated carbocycles. The quantitative estimate of drug-likeness (QED) is 0.388. The lowest BCUT2D eigenvalue weighted by Gasteiger charge is -2.06. The number of nitrogens with zero attached hydrogens (tertiary/aromatic N) is 1. The Balaban J connectivity index is 2.53. The Morgan fingerprint density at radius 1 is 1.29 bits per heavy atom. The predicted octanol–water partition coefficient (Wildman–Crippen LogP) is 3.78. The number of nitriles is 1. The molecule has 0 aliphatic carbocycles. The molecule has 0 heterocycles. The Labute approximate surface area is 143 Å². The van der Waals surface area contributed by atoms with E-state index in [0.29, 0.717) is 17.9 Å². The average Bonchev–Trinajstić information content (AvgIpc) is 2.59. The van der Waals surface area contributed by atoms with Gasteiger partial charge < -0.3 is 15.2 Å². The molecule has 1 aromatic carbocycles. The van der Waals surface area contributed by atoms with Crippen LogP contribution < -0.4 is 10.1 Å². The number of benzene rings is 1. The highest BCUT2D eigenvalue weighted by Crippen LogP contribution is 2.27. The van der Waals surface area contributed by atoms with Crippen LogP contribution in [0, 0.1) is 11.3 Å². The van der Waals surface area contributed by atoms with Crippen molar-refractivity contribution in [1.29, 1.82) is 5.26 Å². The number of phenolic OH excluding ortho intramolecular Hbond substituents is 1. The largest absolute Gasteiger partial charge is 0.504 e. The molecular weight excluding hydrogens is 304 g/mol. The first-order valence-electron chi connectivity index (χ1n) is 8.39. The van der Waals surface area contributed by atoms with Gasteiger partial charge in [-0.25, -0.2) is 0 Å². The Morgan fingerprint density at radius 3 is 2.67 bits per heavy atom. The standard InChI is InChI=1S/C19H26N2O3/c1-3-4-5-6-7-8-11-21-19(23)16(14-20)12-15-9-10-17(22)18(13-15)24-2/h9-10,12-13,22H,3-8,11H2,1-2H3,(H,21,23). The molecule has 0 saturated heterocycles. The second-order valence-electron chi connectivity index (χ2n) is 5.62. The molecule has 1 amide bonds. The number of rotatable bonds is 10. The van der Waals surface area contributed by atoms with Gasteiger partial charge in [0.2, 0.25) is 0 Å². The van der Waals surface area contributed by atoms with Gasteiger partial charge in [0, 0.05) is 6.54 Å². The maximum absolute atomic E-state index is 12.1. The van der Waals surface area contributed by atoms with Crippen molar-refractivity contribution in [2.75, 3.05) is 13.7 Å². The number of nitrogens with one attached hydrogen (secondary N) is 1. The Kier molecular flexibility index (Phi) is 9.06. The topological polar surface area (TPSA) is 82.4 Å². The van der Waals surface area contributed by atoms with Crippen LogP contribution in [0.15, 0.2) is 23.8 Å². The van der Waals surface area contributed by atoms with Crippen LogP contribution in [0.2, 0.25) is 0 Å². The predicted molar refractivity (Wildman–Crippen MR) is 94.6 cm³/mol. The lowest BCUT2D eigenvalue weighted by Crippen LogP contribution is -2.25. The monoisotopic (exact) mass is 330 g/mol. The second kappa shape index (κ2) is 11.1. The molecule has 1 aromatic rings. The lowest BCUT2D eigenvalue weighted by molar-refractivity contribution is -0.117. The molecule has 1 rings (SSSR count). The van der Waals surface area contributed by atoms with Crippen molar-refractivity contribution >= 4 is 12.0 Å². The Hall–Kier alpha value is -2.48. The van der Waals surface area contributed by atoms with Gasteiger partial charge in [-0.3, -0.25) is 4.79 Å². The number of ether oxygens (including phenoxy) is 1. The fraction of sp³-hybridized carbons (Fsp3) is 0.474. The van der Waals surface area contributed by atoms with Gasteiger partial charge in [0.05, 0.1) is 7.11 Å². The molecule has 5 heteroatoms. The third kappa shape index (κ3) is 6.74. The van der Waals surface area contributed by atoms with Crippen molar-refractivity contribution in [3.8, 4) is 17.6 Å². The molecule has 0 aliphatic heterocycles. The summed E-state index contributed by atoms with van der Waals surface area (Å²) in [6, 6.07) is 6.58. The van der Waals surface area contributed by atoms with Gasteiger partial charge in [-0.2, -0.15) is 5.26 Å². The van der Waals surface area contributed by atoms with Crippen molar-refractivity contribution in [1.82, 2.24) is 5.32 Å². The summed E-state index contributed by atoms with van der Waals surface area (Å²) < 4.78 is 5.02. The van der Waals surface area contributed by atoms with E-state index in [1.54, 1.807) is 12.1 Å². The summed E-state index contributed by atoms with van der Waals surface area (Å²) in [7, 11) is 1.45. The summed E-state index contributed by atoms with van der Waals surface area (Å²) in [5.41, 5.74) is 0.657. The summed E-state index contributed by atoms with van der Waals surface area (Å²) in [5, 5.41) is 21.5. The van der Waals surface area contributed by atoms with Crippen molar-refractivity contribution in [2.24, 2.45) is 0 Å². The number of hydrogen-bond donors (Lipinski definition) is 2. The molecule has 0 aliphatic rings.